The number of hydrogen-bond acceptors (Lipinski definition) is 3. The fraction of sp³-hybridized carbons (Fsp3) is 0.250. The molecule has 20 heavy (non-hydrogen) atoms. The number of nitrogens with zero attached hydrogens (tertiary/aromatic N) is 2. The molecule has 0 bridgehead atoms. The molecule has 0 unspecified atom stereocenters. The molecule has 0 aliphatic carbocycles. The van der Waals surface area contributed by atoms with Gasteiger partial charge >= 0.3 is 0 Å². The maximum Gasteiger partial charge on any atom is 0.178 e. The molecule has 0 saturated carbocycles. The summed E-state index contributed by atoms with van der Waals surface area (Å²) in [7, 11) is 0. The van der Waals surface area contributed by atoms with Crippen molar-refractivity contribution in [3.63, 3.8) is 0 Å². The highest BCUT2D eigenvalue weighted by Gasteiger charge is 2.07. The summed E-state index contributed by atoms with van der Waals surface area (Å²) in [6.07, 6.45) is 2.01. The zero-order valence-corrected chi connectivity index (χ0v) is 11.8. The Bertz CT molecular complexity index is 729. The van der Waals surface area contributed by atoms with E-state index in [0.29, 0.717) is 0 Å². The molecule has 4 nitrogen and oxygen atoms in total. The van der Waals surface area contributed by atoms with Crippen LogP contribution in [0.1, 0.15) is 19.4 Å². The Kier molecular flexibility index (Phi) is 3.14. The first kappa shape index (κ1) is 12.7. The Morgan fingerprint density at radius 1 is 1.15 bits per heavy atom. The van der Waals surface area contributed by atoms with Gasteiger partial charge in [-0.2, -0.15) is 0 Å². The molecule has 3 aromatic rings. The average molecular weight is 267 g/mol. The molecular formula is C16H17N3O. The van der Waals surface area contributed by atoms with Crippen LogP contribution in [0.3, 0.4) is 0 Å². The zero-order chi connectivity index (χ0) is 14.1. The van der Waals surface area contributed by atoms with E-state index >= 15 is 0 Å². The minimum Gasteiger partial charge on any atom is -0.491 e. The molecular weight excluding hydrogens is 250 g/mol. The molecule has 0 aliphatic heterocycles. The highest BCUT2D eigenvalue weighted by molar-refractivity contribution is 5.76. The molecule has 0 amide bonds. The number of nitrogens with one attached hydrogen (secondary N) is 1. The molecule has 0 saturated heterocycles. The summed E-state index contributed by atoms with van der Waals surface area (Å²) in [5.41, 5.74) is 3.85. The summed E-state index contributed by atoms with van der Waals surface area (Å²) in [6.45, 7) is 6.05. The summed E-state index contributed by atoms with van der Waals surface area (Å²) in [4.78, 5) is 12.1. The Morgan fingerprint density at radius 2 is 1.90 bits per heavy atom. The van der Waals surface area contributed by atoms with Gasteiger partial charge in [0.25, 0.3) is 0 Å². The maximum atomic E-state index is 5.64. The molecule has 0 atom stereocenters. The number of aromatic nitrogens is 3. The highest BCUT2D eigenvalue weighted by Crippen LogP contribution is 2.22. The van der Waals surface area contributed by atoms with E-state index in [2.05, 4.69) is 21.0 Å². The first-order valence-corrected chi connectivity index (χ1v) is 6.71. The molecule has 102 valence electrons. The Labute approximate surface area is 117 Å². The lowest BCUT2D eigenvalue weighted by molar-refractivity contribution is 0.242. The lowest BCUT2D eigenvalue weighted by Gasteiger charge is -2.09. The summed E-state index contributed by atoms with van der Waals surface area (Å²) in [5.74, 6) is 1.70. The molecule has 2 heterocycles. The van der Waals surface area contributed by atoms with E-state index < -0.39 is 0 Å². The van der Waals surface area contributed by atoms with Gasteiger partial charge in [-0.25, -0.2) is 9.97 Å². The first-order valence-electron chi connectivity index (χ1n) is 6.71. The van der Waals surface area contributed by atoms with Crippen molar-refractivity contribution >= 4 is 11.2 Å². The van der Waals surface area contributed by atoms with Gasteiger partial charge in [-0.15, -0.1) is 0 Å². The molecule has 0 aliphatic rings. The monoisotopic (exact) mass is 267 g/mol. The van der Waals surface area contributed by atoms with Crippen LogP contribution in [-0.4, -0.2) is 21.1 Å². The fourth-order valence-electron chi connectivity index (χ4n) is 2.10. The van der Waals surface area contributed by atoms with Gasteiger partial charge in [0.15, 0.2) is 5.65 Å². The van der Waals surface area contributed by atoms with E-state index in [0.717, 1.165) is 33.9 Å². The van der Waals surface area contributed by atoms with Crippen LogP contribution in [0.25, 0.3) is 22.6 Å². The number of rotatable bonds is 3. The molecule has 1 N–H and O–H groups in total. The van der Waals surface area contributed by atoms with Crippen molar-refractivity contribution in [2.75, 3.05) is 0 Å². The van der Waals surface area contributed by atoms with Crippen LogP contribution < -0.4 is 4.74 Å². The van der Waals surface area contributed by atoms with Crippen molar-refractivity contribution in [1.29, 1.82) is 0 Å². The van der Waals surface area contributed by atoms with Gasteiger partial charge in [-0.05, 0) is 56.7 Å². The minimum absolute atomic E-state index is 0.180. The SMILES string of the molecule is Cc1cnc2nc(-c3ccc(OC(C)C)cc3)[nH]c2c1. The Hall–Kier alpha value is -2.36. The summed E-state index contributed by atoms with van der Waals surface area (Å²) in [5, 5.41) is 0. The summed E-state index contributed by atoms with van der Waals surface area (Å²) < 4.78 is 5.64. The van der Waals surface area contributed by atoms with Crippen molar-refractivity contribution in [3.05, 3.63) is 42.1 Å². The quantitative estimate of drug-likeness (QED) is 0.786. The van der Waals surface area contributed by atoms with Crippen molar-refractivity contribution in [1.82, 2.24) is 15.0 Å². The highest BCUT2D eigenvalue weighted by atomic mass is 16.5. The van der Waals surface area contributed by atoms with Crippen molar-refractivity contribution < 1.29 is 4.74 Å². The Morgan fingerprint density at radius 3 is 2.60 bits per heavy atom. The van der Waals surface area contributed by atoms with E-state index in [1.807, 2.05) is 51.2 Å². The van der Waals surface area contributed by atoms with Crippen molar-refractivity contribution in [3.8, 4) is 17.1 Å². The summed E-state index contributed by atoms with van der Waals surface area (Å²) >= 11 is 0. The predicted octanol–water partition coefficient (Wildman–Crippen LogP) is 3.72. The van der Waals surface area contributed by atoms with Gasteiger partial charge < -0.3 is 9.72 Å². The number of H-pyrrole nitrogens is 1. The van der Waals surface area contributed by atoms with Gasteiger partial charge in [0.05, 0.1) is 11.6 Å². The maximum absolute atomic E-state index is 5.64. The van der Waals surface area contributed by atoms with Crippen molar-refractivity contribution in [2.24, 2.45) is 0 Å². The van der Waals surface area contributed by atoms with Gasteiger partial charge in [0.2, 0.25) is 0 Å². The van der Waals surface area contributed by atoms with Crippen LogP contribution in [0, 0.1) is 6.92 Å². The van der Waals surface area contributed by atoms with Crippen molar-refractivity contribution in [2.45, 2.75) is 26.9 Å². The molecule has 0 spiro atoms. The normalized spacial score (nSPS) is 11.2. The molecule has 4 heteroatoms. The van der Waals surface area contributed by atoms with Gasteiger partial charge in [0.1, 0.15) is 11.6 Å². The van der Waals surface area contributed by atoms with E-state index in [9.17, 15) is 0 Å². The molecule has 0 radical (unpaired) electrons. The molecule has 0 fully saturated rings. The standard InChI is InChI=1S/C16H17N3O/c1-10(2)20-13-6-4-12(5-7-13)15-18-14-8-11(3)9-17-16(14)19-15/h4-10H,1-3H3,(H,17,18,19). The first-order chi connectivity index (χ1) is 9.61. The predicted molar refractivity (Wildman–Crippen MR) is 79.8 cm³/mol. The smallest absolute Gasteiger partial charge is 0.178 e. The lowest BCUT2D eigenvalue weighted by Crippen LogP contribution is -2.05. The Balaban J connectivity index is 1.94. The van der Waals surface area contributed by atoms with E-state index in [-0.39, 0.29) is 6.10 Å². The van der Waals surface area contributed by atoms with Crippen LogP contribution in [-0.2, 0) is 0 Å². The second-order valence-corrected chi connectivity index (χ2v) is 5.16. The van der Waals surface area contributed by atoms with Crippen LogP contribution in [0.5, 0.6) is 5.75 Å². The van der Waals surface area contributed by atoms with Crippen LogP contribution in [0.2, 0.25) is 0 Å². The molecule has 1 aromatic carbocycles. The topological polar surface area (TPSA) is 50.8 Å². The van der Waals surface area contributed by atoms with Gasteiger partial charge in [-0.1, -0.05) is 0 Å². The third-order valence-electron chi connectivity index (χ3n) is 2.97. The van der Waals surface area contributed by atoms with Crippen LogP contribution in [0.4, 0.5) is 0 Å². The van der Waals surface area contributed by atoms with E-state index in [1.54, 1.807) is 0 Å². The number of ether oxygens (including phenoxy) is 1. The lowest BCUT2D eigenvalue weighted by atomic mass is 10.2. The molecule has 3 rings (SSSR count). The second kappa shape index (κ2) is 4.96. The number of pyridine rings is 1. The number of benzene rings is 1. The number of aromatic amines is 1. The third kappa shape index (κ3) is 2.50. The third-order valence-corrected chi connectivity index (χ3v) is 2.97. The van der Waals surface area contributed by atoms with E-state index in [1.165, 1.54) is 0 Å². The minimum atomic E-state index is 0.180. The summed E-state index contributed by atoms with van der Waals surface area (Å²) in [6, 6.07) is 9.97. The number of imidazole rings is 1. The number of aryl methyl sites for hydroxylation is 1. The van der Waals surface area contributed by atoms with Crippen LogP contribution >= 0.6 is 0 Å². The van der Waals surface area contributed by atoms with Gasteiger partial charge in [-0.3, -0.25) is 0 Å². The zero-order valence-electron chi connectivity index (χ0n) is 11.8. The number of fused-ring (bicyclic) bond motifs is 1. The van der Waals surface area contributed by atoms with E-state index in [4.69, 9.17) is 4.74 Å². The second-order valence-electron chi connectivity index (χ2n) is 5.16. The number of hydrogen-bond donors (Lipinski definition) is 1. The van der Waals surface area contributed by atoms with Crippen LogP contribution in [0.15, 0.2) is 36.5 Å². The average Bonchev–Trinajstić information content (AvgIpc) is 2.81. The fourth-order valence-corrected chi connectivity index (χ4v) is 2.10. The van der Waals surface area contributed by atoms with Gasteiger partial charge in [0, 0.05) is 11.8 Å². The largest absolute Gasteiger partial charge is 0.491 e. The molecule has 2 aromatic heterocycles.